The Hall–Kier alpha value is -1.40. The Morgan fingerprint density at radius 1 is 1.59 bits per heavy atom. The predicted octanol–water partition coefficient (Wildman–Crippen LogP) is 0.194. The Morgan fingerprint density at radius 2 is 2.47 bits per heavy atom. The lowest BCUT2D eigenvalue weighted by Gasteiger charge is -2.24. The molecule has 1 aromatic heterocycles. The molecule has 1 aromatic rings. The summed E-state index contributed by atoms with van der Waals surface area (Å²) in [4.78, 5) is 8.43. The summed E-state index contributed by atoms with van der Waals surface area (Å²) in [6.07, 6.45) is 0. The largest absolute Gasteiger partial charge is 0.481 e. The van der Waals surface area contributed by atoms with Crippen molar-refractivity contribution in [1.29, 1.82) is 0 Å². The second kappa shape index (κ2) is 5.79. The second-order valence-corrected chi connectivity index (χ2v) is 3.95. The standard InChI is InChI=1S/C11H18N4O2/c1-8-14-10(5-11(15-8)16-2)13-6-9-7-17-4-3-12-9/h5,9,12H,3-4,6-7H2,1-2H3,(H,13,14,15). The maximum Gasteiger partial charge on any atom is 0.218 e. The monoisotopic (exact) mass is 238 g/mol. The highest BCUT2D eigenvalue weighted by Crippen LogP contribution is 2.12. The van der Waals surface area contributed by atoms with E-state index >= 15 is 0 Å². The Bertz CT molecular complexity index is 366. The van der Waals surface area contributed by atoms with Crippen molar-refractivity contribution in [3.8, 4) is 5.88 Å². The summed E-state index contributed by atoms with van der Waals surface area (Å²) >= 11 is 0. The first kappa shape index (κ1) is 12.1. The molecule has 2 N–H and O–H groups in total. The first-order chi connectivity index (χ1) is 8.28. The molecule has 0 saturated carbocycles. The van der Waals surface area contributed by atoms with Crippen LogP contribution in [-0.2, 0) is 4.74 Å². The van der Waals surface area contributed by atoms with Gasteiger partial charge in [-0.1, -0.05) is 0 Å². The summed E-state index contributed by atoms with van der Waals surface area (Å²) in [5.74, 6) is 2.05. The molecule has 17 heavy (non-hydrogen) atoms. The van der Waals surface area contributed by atoms with Crippen LogP contribution in [0.25, 0.3) is 0 Å². The minimum atomic E-state index is 0.324. The Morgan fingerprint density at radius 3 is 3.18 bits per heavy atom. The van der Waals surface area contributed by atoms with E-state index in [1.54, 1.807) is 13.2 Å². The average molecular weight is 238 g/mol. The van der Waals surface area contributed by atoms with Crippen molar-refractivity contribution in [3.05, 3.63) is 11.9 Å². The fourth-order valence-electron chi connectivity index (χ4n) is 1.71. The van der Waals surface area contributed by atoms with Gasteiger partial charge < -0.3 is 20.1 Å². The van der Waals surface area contributed by atoms with E-state index in [0.29, 0.717) is 17.7 Å². The number of rotatable bonds is 4. The van der Waals surface area contributed by atoms with Crippen molar-refractivity contribution < 1.29 is 9.47 Å². The highest BCUT2D eigenvalue weighted by molar-refractivity contribution is 5.38. The first-order valence-electron chi connectivity index (χ1n) is 5.72. The third-order valence-electron chi connectivity index (χ3n) is 2.55. The zero-order valence-corrected chi connectivity index (χ0v) is 10.2. The number of morpholine rings is 1. The van der Waals surface area contributed by atoms with Crippen LogP contribution in [0.5, 0.6) is 5.88 Å². The fraction of sp³-hybridized carbons (Fsp3) is 0.636. The molecule has 0 amide bonds. The second-order valence-electron chi connectivity index (χ2n) is 3.95. The quantitative estimate of drug-likeness (QED) is 0.780. The van der Waals surface area contributed by atoms with Crippen LogP contribution >= 0.6 is 0 Å². The summed E-state index contributed by atoms with van der Waals surface area (Å²) in [7, 11) is 1.60. The van der Waals surface area contributed by atoms with Crippen LogP contribution in [-0.4, -0.2) is 49.4 Å². The molecule has 0 aliphatic carbocycles. The highest BCUT2D eigenvalue weighted by atomic mass is 16.5. The minimum Gasteiger partial charge on any atom is -0.481 e. The fourth-order valence-corrected chi connectivity index (χ4v) is 1.71. The minimum absolute atomic E-state index is 0.324. The smallest absolute Gasteiger partial charge is 0.218 e. The van der Waals surface area contributed by atoms with E-state index in [1.807, 2.05) is 6.92 Å². The SMILES string of the molecule is COc1cc(NCC2COCCN2)nc(C)n1. The number of ether oxygens (including phenoxy) is 2. The van der Waals surface area contributed by atoms with Crippen molar-refractivity contribution in [2.45, 2.75) is 13.0 Å². The third-order valence-corrected chi connectivity index (χ3v) is 2.55. The number of hydrogen-bond acceptors (Lipinski definition) is 6. The molecule has 94 valence electrons. The normalized spacial score (nSPS) is 20.0. The van der Waals surface area contributed by atoms with E-state index in [9.17, 15) is 0 Å². The lowest BCUT2D eigenvalue weighted by atomic mass is 10.3. The third kappa shape index (κ3) is 3.54. The number of aromatic nitrogens is 2. The zero-order chi connectivity index (χ0) is 12.1. The summed E-state index contributed by atoms with van der Waals surface area (Å²) in [6.45, 7) is 5.04. The Balaban J connectivity index is 1.91. The summed E-state index contributed by atoms with van der Waals surface area (Å²) in [5, 5.41) is 6.63. The van der Waals surface area contributed by atoms with E-state index in [2.05, 4.69) is 20.6 Å². The molecule has 1 saturated heterocycles. The van der Waals surface area contributed by atoms with Crippen molar-refractivity contribution in [2.24, 2.45) is 0 Å². The number of anilines is 1. The van der Waals surface area contributed by atoms with Gasteiger partial charge >= 0.3 is 0 Å². The number of hydrogen-bond donors (Lipinski definition) is 2. The average Bonchev–Trinajstić information content (AvgIpc) is 2.37. The topological polar surface area (TPSA) is 68.3 Å². The van der Waals surface area contributed by atoms with Gasteiger partial charge in [0.2, 0.25) is 5.88 Å². The molecular formula is C11H18N4O2. The van der Waals surface area contributed by atoms with Gasteiger partial charge in [-0.25, -0.2) is 4.98 Å². The van der Waals surface area contributed by atoms with E-state index in [-0.39, 0.29) is 0 Å². The molecule has 0 aromatic carbocycles. The van der Waals surface area contributed by atoms with Crippen LogP contribution < -0.4 is 15.4 Å². The van der Waals surface area contributed by atoms with Gasteiger partial charge in [0.25, 0.3) is 0 Å². The molecule has 1 aliphatic heterocycles. The lowest BCUT2D eigenvalue weighted by molar-refractivity contribution is 0.0806. The molecule has 0 bridgehead atoms. The molecule has 2 rings (SSSR count). The lowest BCUT2D eigenvalue weighted by Crippen LogP contribution is -2.45. The van der Waals surface area contributed by atoms with Crippen LogP contribution in [0, 0.1) is 6.92 Å². The molecule has 0 radical (unpaired) electrons. The molecule has 0 spiro atoms. The number of aryl methyl sites for hydroxylation is 1. The number of nitrogens with one attached hydrogen (secondary N) is 2. The van der Waals surface area contributed by atoms with Crippen LogP contribution in [0.15, 0.2) is 6.07 Å². The van der Waals surface area contributed by atoms with Crippen LogP contribution in [0.4, 0.5) is 5.82 Å². The summed E-state index contributed by atoms with van der Waals surface area (Å²) in [5.41, 5.74) is 0. The molecule has 6 heteroatoms. The van der Waals surface area contributed by atoms with Crippen molar-refractivity contribution in [2.75, 3.05) is 38.7 Å². The Kier molecular flexibility index (Phi) is 4.11. The maximum absolute atomic E-state index is 5.38. The van der Waals surface area contributed by atoms with Crippen LogP contribution in [0.1, 0.15) is 5.82 Å². The van der Waals surface area contributed by atoms with Gasteiger partial charge in [-0.15, -0.1) is 0 Å². The molecular weight excluding hydrogens is 220 g/mol. The first-order valence-corrected chi connectivity index (χ1v) is 5.72. The van der Waals surface area contributed by atoms with Gasteiger partial charge in [0, 0.05) is 25.2 Å². The highest BCUT2D eigenvalue weighted by Gasteiger charge is 2.12. The number of methoxy groups -OCH3 is 1. The van der Waals surface area contributed by atoms with Crippen LogP contribution in [0.2, 0.25) is 0 Å². The molecule has 1 unspecified atom stereocenters. The van der Waals surface area contributed by atoms with Gasteiger partial charge in [0.05, 0.1) is 20.3 Å². The van der Waals surface area contributed by atoms with Crippen LogP contribution in [0.3, 0.4) is 0 Å². The van der Waals surface area contributed by atoms with Gasteiger partial charge in [0.1, 0.15) is 11.6 Å². The van der Waals surface area contributed by atoms with Crippen molar-refractivity contribution in [1.82, 2.24) is 15.3 Å². The van der Waals surface area contributed by atoms with E-state index in [0.717, 1.165) is 32.1 Å². The van der Waals surface area contributed by atoms with E-state index < -0.39 is 0 Å². The molecule has 1 fully saturated rings. The summed E-state index contributed by atoms with van der Waals surface area (Å²) < 4.78 is 10.5. The van der Waals surface area contributed by atoms with Crippen molar-refractivity contribution >= 4 is 5.82 Å². The van der Waals surface area contributed by atoms with Gasteiger partial charge in [0.15, 0.2) is 0 Å². The molecule has 6 nitrogen and oxygen atoms in total. The van der Waals surface area contributed by atoms with Gasteiger partial charge in [-0.2, -0.15) is 4.98 Å². The zero-order valence-electron chi connectivity index (χ0n) is 10.2. The molecule has 1 atom stereocenters. The van der Waals surface area contributed by atoms with Crippen molar-refractivity contribution in [3.63, 3.8) is 0 Å². The van der Waals surface area contributed by atoms with Gasteiger partial charge in [-0.3, -0.25) is 0 Å². The van der Waals surface area contributed by atoms with Gasteiger partial charge in [-0.05, 0) is 6.92 Å². The molecule has 2 heterocycles. The van der Waals surface area contributed by atoms with E-state index in [1.165, 1.54) is 0 Å². The Labute approximate surface area is 101 Å². The summed E-state index contributed by atoms with van der Waals surface area (Å²) in [6, 6.07) is 2.11. The molecule has 1 aliphatic rings. The maximum atomic E-state index is 5.38. The van der Waals surface area contributed by atoms with E-state index in [4.69, 9.17) is 9.47 Å². The number of nitrogens with zero attached hydrogens (tertiary/aromatic N) is 2. The predicted molar refractivity (Wildman–Crippen MR) is 64.4 cm³/mol.